The fourth-order valence-corrected chi connectivity index (χ4v) is 2.51. The van der Waals surface area contributed by atoms with Gasteiger partial charge in [-0.2, -0.15) is 0 Å². The molecule has 0 N–H and O–H groups in total. The van der Waals surface area contributed by atoms with E-state index in [2.05, 4.69) is 25.8 Å². The zero-order valence-electron chi connectivity index (χ0n) is 15.1. The largest absolute Gasteiger partial charge is 0.337 e. The smallest absolute Gasteiger partial charge is 0.255 e. The summed E-state index contributed by atoms with van der Waals surface area (Å²) in [5.41, 5.74) is 1.66. The third-order valence-corrected chi connectivity index (χ3v) is 4.53. The molecule has 0 bridgehead atoms. The normalized spacial score (nSPS) is 16.8. The van der Waals surface area contributed by atoms with Gasteiger partial charge in [0.05, 0.1) is 5.56 Å². The molecule has 0 unspecified atom stereocenters. The van der Waals surface area contributed by atoms with Crippen LogP contribution in [0.5, 0.6) is 0 Å². The van der Waals surface area contributed by atoms with Gasteiger partial charge in [0.1, 0.15) is 0 Å². The molecule has 2 amide bonds. The number of hydrogen-bond donors (Lipinski definition) is 0. The summed E-state index contributed by atoms with van der Waals surface area (Å²) in [7, 11) is 0. The fourth-order valence-electron chi connectivity index (χ4n) is 2.51. The highest BCUT2D eigenvalue weighted by Crippen LogP contribution is 2.24. The van der Waals surface area contributed by atoms with Gasteiger partial charge in [0.25, 0.3) is 5.91 Å². The number of aromatic nitrogens is 1. The van der Waals surface area contributed by atoms with Crippen LogP contribution in [0.4, 0.5) is 0 Å². The molecule has 0 aromatic carbocycles. The van der Waals surface area contributed by atoms with Gasteiger partial charge in [0.15, 0.2) is 0 Å². The van der Waals surface area contributed by atoms with Crippen LogP contribution in [0.25, 0.3) is 0 Å². The number of carbonyl (C=O) groups is 2. The first kappa shape index (κ1) is 18.2. The Balaban J connectivity index is 2.00. The molecule has 5 heteroatoms. The van der Waals surface area contributed by atoms with Gasteiger partial charge in [0.2, 0.25) is 5.91 Å². The van der Waals surface area contributed by atoms with Crippen LogP contribution in [0.15, 0.2) is 36.2 Å². The number of allylic oxidation sites excluding steroid dienone is 1. The first-order valence-corrected chi connectivity index (χ1v) is 8.46. The first-order chi connectivity index (χ1) is 11.3. The number of carbonyl (C=O) groups excluding carboxylic acids is 2. The predicted octanol–water partition coefficient (Wildman–Crippen LogP) is 2.75. The minimum atomic E-state index is -0.0150. The van der Waals surface area contributed by atoms with Crippen LogP contribution in [-0.2, 0) is 4.79 Å². The van der Waals surface area contributed by atoms with E-state index in [1.54, 1.807) is 30.6 Å². The third-order valence-electron chi connectivity index (χ3n) is 4.53. The number of hydrogen-bond acceptors (Lipinski definition) is 3. The van der Waals surface area contributed by atoms with E-state index in [1.807, 2.05) is 16.7 Å². The van der Waals surface area contributed by atoms with E-state index in [9.17, 15) is 9.59 Å². The standard InChI is InChI=1S/C19H27N3O2/c1-15(19(2,3)4)13-17(23)21-9-6-10-22(12-11-21)18(24)16-7-5-8-20-14-16/h5,7-8,13-14H,6,9-12H2,1-4H3/b15-13+. The molecule has 0 saturated carbocycles. The van der Waals surface area contributed by atoms with Crippen molar-refractivity contribution < 1.29 is 9.59 Å². The summed E-state index contributed by atoms with van der Waals surface area (Å²) in [6.07, 6.45) is 5.77. The molecule has 0 spiro atoms. The van der Waals surface area contributed by atoms with E-state index in [1.165, 1.54) is 0 Å². The number of rotatable bonds is 2. The summed E-state index contributed by atoms with van der Waals surface area (Å²) in [5.74, 6) is 0.0249. The molecule has 1 aliphatic heterocycles. The Hall–Kier alpha value is -2.17. The van der Waals surface area contributed by atoms with Crippen molar-refractivity contribution in [3.05, 3.63) is 41.7 Å². The lowest BCUT2D eigenvalue weighted by Crippen LogP contribution is -2.37. The van der Waals surface area contributed by atoms with Crippen LogP contribution in [0.3, 0.4) is 0 Å². The van der Waals surface area contributed by atoms with Gasteiger partial charge in [-0.15, -0.1) is 0 Å². The lowest BCUT2D eigenvalue weighted by Gasteiger charge is -2.23. The predicted molar refractivity (Wildman–Crippen MR) is 94.5 cm³/mol. The van der Waals surface area contributed by atoms with Gasteiger partial charge in [-0.1, -0.05) is 26.3 Å². The fraction of sp³-hybridized carbons (Fsp3) is 0.526. The average molecular weight is 329 g/mol. The maximum Gasteiger partial charge on any atom is 0.255 e. The molecule has 5 nitrogen and oxygen atoms in total. The Morgan fingerprint density at radius 1 is 1.12 bits per heavy atom. The van der Waals surface area contributed by atoms with Crippen LogP contribution in [0.1, 0.15) is 44.5 Å². The van der Waals surface area contributed by atoms with Gasteiger partial charge in [-0.05, 0) is 30.9 Å². The molecule has 1 aromatic rings. The van der Waals surface area contributed by atoms with Crippen LogP contribution in [0, 0.1) is 5.41 Å². The highest BCUT2D eigenvalue weighted by atomic mass is 16.2. The molecular formula is C19H27N3O2. The van der Waals surface area contributed by atoms with Gasteiger partial charge in [-0.3, -0.25) is 14.6 Å². The van der Waals surface area contributed by atoms with Crippen LogP contribution in [0.2, 0.25) is 0 Å². The summed E-state index contributed by atoms with van der Waals surface area (Å²) >= 11 is 0. The van der Waals surface area contributed by atoms with E-state index < -0.39 is 0 Å². The van der Waals surface area contributed by atoms with E-state index in [4.69, 9.17) is 0 Å². The Morgan fingerprint density at radius 2 is 1.79 bits per heavy atom. The summed E-state index contributed by atoms with van der Waals surface area (Å²) in [4.78, 5) is 32.7. The van der Waals surface area contributed by atoms with Gasteiger partial charge >= 0.3 is 0 Å². The number of nitrogens with zero attached hydrogens (tertiary/aromatic N) is 3. The highest BCUT2D eigenvalue weighted by Gasteiger charge is 2.23. The summed E-state index contributed by atoms with van der Waals surface area (Å²) in [5, 5.41) is 0. The molecule has 1 saturated heterocycles. The first-order valence-electron chi connectivity index (χ1n) is 8.46. The van der Waals surface area contributed by atoms with Gasteiger partial charge in [-0.25, -0.2) is 0 Å². The van der Waals surface area contributed by atoms with Crippen molar-refractivity contribution in [2.75, 3.05) is 26.2 Å². The van der Waals surface area contributed by atoms with E-state index in [-0.39, 0.29) is 17.2 Å². The van der Waals surface area contributed by atoms with Gasteiger partial charge in [0, 0.05) is 44.6 Å². The number of amides is 2. The maximum atomic E-state index is 12.5. The molecule has 2 heterocycles. The van der Waals surface area contributed by atoms with E-state index >= 15 is 0 Å². The highest BCUT2D eigenvalue weighted by molar-refractivity contribution is 5.94. The second kappa shape index (κ2) is 7.60. The molecule has 1 aliphatic rings. The van der Waals surface area contributed by atoms with E-state index in [0.717, 1.165) is 12.0 Å². The Bertz CT molecular complexity index is 617. The molecular weight excluding hydrogens is 302 g/mol. The van der Waals surface area contributed by atoms with Crippen molar-refractivity contribution in [1.29, 1.82) is 0 Å². The molecule has 0 aliphatic carbocycles. The average Bonchev–Trinajstić information content (AvgIpc) is 2.80. The SMILES string of the molecule is C/C(=C\C(=O)N1CCCN(C(=O)c2cccnc2)CC1)C(C)(C)C. The van der Waals surface area contributed by atoms with Crippen molar-refractivity contribution >= 4 is 11.8 Å². The topological polar surface area (TPSA) is 53.5 Å². The lowest BCUT2D eigenvalue weighted by molar-refractivity contribution is -0.126. The Kier molecular flexibility index (Phi) is 5.75. The number of pyridine rings is 1. The molecule has 24 heavy (non-hydrogen) atoms. The lowest BCUT2D eigenvalue weighted by atomic mass is 9.87. The quantitative estimate of drug-likeness (QED) is 0.784. The summed E-state index contributed by atoms with van der Waals surface area (Å²) < 4.78 is 0. The minimum Gasteiger partial charge on any atom is -0.337 e. The Morgan fingerprint density at radius 3 is 2.42 bits per heavy atom. The molecule has 1 aromatic heterocycles. The zero-order valence-corrected chi connectivity index (χ0v) is 15.1. The third kappa shape index (κ3) is 4.66. The van der Waals surface area contributed by atoms with Crippen molar-refractivity contribution in [1.82, 2.24) is 14.8 Å². The van der Waals surface area contributed by atoms with Crippen LogP contribution in [-0.4, -0.2) is 52.8 Å². The summed E-state index contributed by atoms with van der Waals surface area (Å²) in [6, 6.07) is 3.54. The van der Waals surface area contributed by atoms with Crippen molar-refractivity contribution in [2.24, 2.45) is 5.41 Å². The van der Waals surface area contributed by atoms with E-state index in [0.29, 0.717) is 31.7 Å². The van der Waals surface area contributed by atoms with Crippen LogP contribution >= 0.6 is 0 Å². The van der Waals surface area contributed by atoms with Gasteiger partial charge < -0.3 is 9.80 Å². The molecule has 2 rings (SSSR count). The van der Waals surface area contributed by atoms with Crippen molar-refractivity contribution in [3.63, 3.8) is 0 Å². The molecule has 1 fully saturated rings. The monoisotopic (exact) mass is 329 g/mol. The second-order valence-electron chi connectivity index (χ2n) is 7.29. The Labute approximate surface area is 144 Å². The second-order valence-corrected chi connectivity index (χ2v) is 7.29. The van der Waals surface area contributed by atoms with Crippen molar-refractivity contribution in [3.8, 4) is 0 Å². The summed E-state index contributed by atoms with van der Waals surface area (Å²) in [6.45, 7) is 10.8. The molecule has 130 valence electrons. The van der Waals surface area contributed by atoms with Crippen molar-refractivity contribution in [2.45, 2.75) is 34.1 Å². The maximum absolute atomic E-state index is 12.5. The molecule has 0 atom stereocenters. The zero-order chi connectivity index (χ0) is 17.7. The molecule has 0 radical (unpaired) electrons. The van der Waals surface area contributed by atoms with Crippen LogP contribution < -0.4 is 0 Å². The minimum absolute atomic E-state index is 0.0101.